The summed E-state index contributed by atoms with van der Waals surface area (Å²) in [6, 6.07) is 3.65. The second kappa shape index (κ2) is 33.1. The molecule has 6 heterocycles. The number of hydrogen-bond acceptors (Lipinski definition) is 17. The molecule has 9 N–H and O–H groups in total. The van der Waals surface area contributed by atoms with Crippen LogP contribution in [0.1, 0.15) is 64.8 Å². The number of carbonyl (C=O) groups excluding carboxylic acids is 6. The maximum absolute atomic E-state index is 13.5. The summed E-state index contributed by atoms with van der Waals surface area (Å²) in [5.74, 6) is -6.71. The van der Waals surface area contributed by atoms with E-state index >= 15 is 0 Å². The Bertz CT molecular complexity index is 4490. The van der Waals surface area contributed by atoms with E-state index < -0.39 is 82.5 Å². The lowest BCUT2D eigenvalue weighted by Crippen LogP contribution is -2.35. The zero-order valence-electron chi connectivity index (χ0n) is 53.0. The first-order chi connectivity index (χ1) is 45.6. The van der Waals surface area contributed by atoms with Gasteiger partial charge in [0.05, 0.1) is 88.0 Å². The average molecular weight is 1430 g/mol. The minimum absolute atomic E-state index is 0.0204. The molecule has 0 aliphatic rings. The van der Waals surface area contributed by atoms with E-state index in [4.69, 9.17) is 34.7 Å². The lowest BCUT2D eigenvalue weighted by molar-refractivity contribution is -0.140. The summed E-state index contributed by atoms with van der Waals surface area (Å²) >= 11 is 12.3. The van der Waals surface area contributed by atoms with Gasteiger partial charge in [-0.1, -0.05) is 23.2 Å². The minimum Gasteiger partial charge on any atom is -0.382 e. The van der Waals surface area contributed by atoms with Gasteiger partial charge in [0.2, 0.25) is 6.08 Å². The van der Waals surface area contributed by atoms with Crippen molar-refractivity contribution in [2.75, 3.05) is 70.3 Å². The van der Waals surface area contributed by atoms with Crippen molar-refractivity contribution >= 4 is 115 Å². The largest absolute Gasteiger partial charge is 0.419 e. The normalized spacial score (nSPS) is 11.3. The summed E-state index contributed by atoms with van der Waals surface area (Å²) in [5, 5.41) is 26.0. The zero-order chi connectivity index (χ0) is 73.6. The number of aromatic nitrogens is 9. The number of aliphatic imine (C=N–C) groups is 1. The highest BCUT2D eigenvalue weighted by Gasteiger charge is 2.37. The molecule has 0 aliphatic heterocycles. The SMILES string of the molecule is CN(C)CCN.Cc1nn(C)c2ncc(C(=O)NC(=O)Nc3ccc(F)c(C(F)(F)F)c3)c(Cl)c12.Cc1nn(C)c2ncc(C(=O)NC(=O)Nc3ccc(F)c(C(F)(F)F)c3)c(NCCN(C)C)c12.Cc1nn(C)c2ncc(C(N)=O)c(Cl)c12.O=C=Nc1ccc(F)c(C(F)(F)F)c1. The maximum atomic E-state index is 13.5. The topological polar surface area (TPSA) is 326 Å². The number of rotatable bonds is 12. The van der Waals surface area contributed by atoms with E-state index in [1.54, 1.807) is 51.3 Å². The Morgan fingerprint density at radius 1 is 0.561 bits per heavy atom. The highest BCUT2D eigenvalue weighted by atomic mass is 35.5. The number of pyridine rings is 3. The number of nitrogens with two attached hydrogens (primary N) is 2. The van der Waals surface area contributed by atoms with Gasteiger partial charge in [-0.05, 0) is 104 Å². The van der Waals surface area contributed by atoms with E-state index in [0.717, 1.165) is 49.3 Å². The third-order valence-corrected chi connectivity index (χ3v) is 13.9. The Morgan fingerprint density at radius 3 is 1.32 bits per heavy atom. The van der Waals surface area contributed by atoms with Crippen LogP contribution in [0.25, 0.3) is 33.1 Å². The third kappa shape index (κ3) is 20.4. The van der Waals surface area contributed by atoms with Gasteiger partial charge in [0.15, 0.2) is 16.9 Å². The first-order valence-corrected chi connectivity index (χ1v) is 28.6. The fourth-order valence-electron chi connectivity index (χ4n) is 8.66. The van der Waals surface area contributed by atoms with Crippen LogP contribution in [0.3, 0.4) is 0 Å². The number of alkyl halides is 9. The first kappa shape index (κ1) is 78.4. The van der Waals surface area contributed by atoms with Crippen LogP contribution in [0.15, 0.2) is 78.2 Å². The number of halogens is 14. The second-order valence-corrected chi connectivity index (χ2v) is 21.7. The number of imide groups is 2. The standard InChI is InChI=1S/C21H23F4N7O2.C17H12ClF4N5O2.C9H9ClN4O.C8H3F4NO.C4H12N2/c1-11-16-17(26-7-8-31(2)3)13(10-27-18(16)32(4)30-11)19(33)29-20(34)28-12-5-6-15(22)14(9-12)21(23,24)25;1-7-12-13(18)9(6-23-14(12)27(2)26-7)15(28)25-16(29)24-8-3-4-11(19)10(5-8)17(20,21)22;1-4-6-7(10)5(8(11)15)3-12-9(6)14(2)13-4;9-7-2-1-5(13-4-14)3-6(7)8(10,11)12;1-6(2)4-3-5/h5-6,9-10H,7-8H2,1-4H3,(H,26,27)(H2,28,29,33,34);3-6H,1-2H3,(H2,24,25,28,29);3H,1-2H3,(H2,11,15);1-3H;3-5H2,1-2H3. The number of carbonyl (C=O) groups is 5. The zero-order valence-corrected chi connectivity index (χ0v) is 54.5. The number of urea groups is 2. The van der Waals surface area contributed by atoms with Gasteiger partial charge in [0.1, 0.15) is 17.5 Å². The van der Waals surface area contributed by atoms with Crippen molar-refractivity contribution in [1.82, 2.24) is 64.7 Å². The number of likely N-dealkylation sites (N-methyl/N-ethyl adjacent to an activating group) is 2. The summed E-state index contributed by atoms with van der Waals surface area (Å²) in [5.41, 5.74) is 8.88. The van der Waals surface area contributed by atoms with Crippen LogP contribution in [0.4, 0.5) is 85.0 Å². The van der Waals surface area contributed by atoms with Crippen molar-refractivity contribution in [2.24, 2.45) is 37.6 Å². The fourth-order valence-corrected chi connectivity index (χ4v) is 9.37. The van der Waals surface area contributed by atoms with E-state index in [9.17, 15) is 81.5 Å². The molecule has 39 heteroatoms. The van der Waals surface area contributed by atoms with E-state index in [2.05, 4.69) is 56.1 Å². The molecule has 25 nitrogen and oxygen atoms in total. The number of aryl methyl sites for hydroxylation is 6. The van der Waals surface area contributed by atoms with Crippen molar-refractivity contribution in [3.63, 3.8) is 0 Å². The molecule has 9 rings (SSSR count). The summed E-state index contributed by atoms with van der Waals surface area (Å²) in [7, 11) is 12.9. The van der Waals surface area contributed by atoms with Crippen LogP contribution in [0.2, 0.25) is 10.0 Å². The Kier molecular flexibility index (Phi) is 26.5. The summed E-state index contributed by atoms with van der Waals surface area (Å²) in [6.45, 7) is 8.09. The van der Waals surface area contributed by atoms with Crippen molar-refractivity contribution in [2.45, 2.75) is 39.3 Å². The molecule has 6 aromatic heterocycles. The number of primary amides is 1. The molecule has 0 saturated heterocycles. The lowest BCUT2D eigenvalue weighted by atomic mass is 10.1. The summed E-state index contributed by atoms with van der Waals surface area (Å²) in [6.07, 6.45) is -9.81. The highest BCUT2D eigenvalue weighted by Crippen LogP contribution is 2.37. The number of amides is 7. The van der Waals surface area contributed by atoms with Gasteiger partial charge in [-0.3, -0.25) is 39.1 Å². The smallest absolute Gasteiger partial charge is 0.382 e. The Hall–Kier alpha value is -10.3. The summed E-state index contributed by atoms with van der Waals surface area (Å²) in [4.78, 5) is 89.7. The number of nitrogens with one attached hydrogen (secondary N) is 5. The van der Waals surface area contributed by atoms with Gasteiger partial charge >= 0.3 is 30.6 Å². The van der Waals surface area contributed by atoms with E-state index in [1.165, 1.54) is 17.1 Å². The molecule has 3 aromatic carbocycles. The number of benzene rings is 3. The monoisotopic (exact) mass is 1430 g/mol. The predicted molar refractivity (Wildman–Crippen MR) is 338 cm³/mol. The number of hydrogen-bond donors (Lipinski definition) is 7. The molecule has 0 unspecified atom stereocenters. The molecular weight excluding hydrogens is 1370 g/mol. The molecular formula is C59H59Cl2F12N19O6. The Morgan fingerprint density at radius 2 is 0.929 bits per heavy atom. The van der Waals surface area contributed by atoms with E-state index in [1.807, 2.05) is 43.7 Å². The fraction of sp³-hybridized carbons (Fsp3) is 0.288. The second-order valence-electron chi connectivity index (χ2n) is 21.0. The molecule has 0 fully saturated rings. The van der Waals surface area contributed by atoms with Gasteiger partial charge in [-0.25, -0.2) is 42.5 Å². The average Bonchev–Trinajstić information content (AvgIpc) is 1.62. The van der Waals surface area contributed by atoms with Gasteiger partial charge < -0.3 is 37.2 Å². The van der Waals surface area contributed by atoms with Gasteiger partial charge in [0, 0.05) is 77.3 Å². The van der Waals surface area contributed by atoms with Crippen LogP contribution in [-0.4, -0.2) is 144 Å². The molecule has 524 valence electrons. The van der Waals surface area contributed by atoms with Crippen LogP contribution in [0, 0.1) is 38.2 Å². The number of nitrogens with zero attached hydrogens (tertiary/aromatic N) is 12. The molecule has 0 spiro atoms. The maximum Gasteiger partial charge on any atom is 0.419 e. The van der Waals surface area contributed by atoms with E-state index in [0.29, 0.717) is 105 Å². The Balaban J connectivity index is 0.000000242. The first-order valence-electron chi connectivity index (χ1n) is 27.8. The summed E-state index contributed by atoms with van der Waals surface area (Å²) < 4.78 is 157. The Labute approximate surface area is 557 Å². The van der Waals surface area contributed by atoms with Crippen LogP contribution >= 0.6 is 23.2 Å². The van der Waals surface area contributed by atoms with Gasteiger partial charge in [0.25, 0.3) is 17.7 Å². The molecule has 0 saturated carbocycles. The lowest BCUT2D eigenvalue weighted by Gasteiger charge is -2.16. The molecule has 0 atom stereocenters. The van der Waals surface area contributed by atoms with E-state index in [-0.39, 0.29) is 38.8 Å². The van der Waals surface area contributed by atoms with Crippen LogP contribution < -0.4 is 38.1 Å². The van der Waals surface area contributed by atoms with Gasteiger partial charge in [-0.15, -0.1) is 0 Å². The number of isocyanates is 1. The van der Waals surface area contributed by atoms with Crippen LogP contribution in [-0.2, 0) is 44.5 Å². The predicted octanol–water partition coefficient (Wildman–Crippen LogP) is 10.8. The van der Waals surface area contributed by atoms with Crippen molar-refractivity contribution in [1.29, 1.82) is 0 Å². The number of fused-ring (bicyclic) bond motifs is 3. The highest BCUT2D eigenvalue weighted by molar-refractivity contribution is 6.39. The van der Waals surface area contributed by atoms with Crippen molar-refractivity contribution < 1.29 is 81.5 Å². The molecule has 98 heavy (non-hydrogen) atoms. The number of anilines is 3. The van der Waals surface area contributed by atoms with Crippen molar-refractivity contribution in [3.8, 4) is 0 Å². The van der Waals surface area contributed by atoms with Crippen LogP contribution in [0.5, 0.6) is 0 Å². The molecule has 7 amide bonds. The molecule has 0 aliphatic carbocycles. The molecule has 0 bridgehead atoms. The van der Waals surface area contributed by atoms with Gasteiger partial charge in [-0.2, -0.15) is 59.8 Å². The minimum atomic E-state index is -4.94. The van der Waals surface area contributed by atoms with Crippen molar-refractivity contribution in [3.05, 3.63) is 151 Å². The molecule has 9 aromatic rings. The third-order valence-electron chi connectivity index (χ3n) is 13.1. The quantitative estimate of drug-likeness (QED) is 0.0340. The molecule has 0 radical (unpaired) electrons.